The van der Waals surface area contributed by atoms with E-state index in [1.54, 1.807) is 18.3 Å². The fourth-order valence-electron chi connectivity index (χ4n) is 2.75. The number of hydrogen-bond donors (Lipinski definition) is 1. The Kier molecular flexibility index (Phi) is 10.6. The summed E-state index contributed by atoms with van der Waals surface area (Å²) in [7, 11) is 0. The summed E-state index contributed by atoms with van der Waals surface area (Å²) in [5.41, 5.74) is 1.54. The van der Waals surface area contributed by atoms with Gasteiger partial charge in [-0.1, -0.05) is 46.5 Å². The molecule has 0 heterocycles. The molecule has 4 heteroatoms. The molecule has 0 radical (unpaired) electrons. The summed E-state index contributed by atoms with van der Waals surface area (Å²) in [5, 5.41) is 3.13. The largest absolute Gasteiger partial charge is 0.494 e. The predicted octanol–water partition coefficient (Wildman–Crippen LogP) is 6.88. The van der Waals surface area contributed by atoms with Gasteiger partial charge in [-0.15, -0.1) is 0 Å². The van der Waals surface area contributed by atoms with E-state index in [-0.39, 0.29) is 5.78 Å². The molecule has 0 bridgehead atoms. The van der Waals surface area contributed by atoms with E-state index in [0.717, 1.165) is 36.6 Å². The average Bonchev–Trinajstić information content (AvgIpc) is 2.78. The molecule has 1 atom stereocenters. The second-order valence-corrected chi connectivity index (χ2v) is 7.62. The standard InChI is InChI=1S/C26H35NO3/c1-4-6-7-8-19-29-24-15-11-23(12-16-24)27-18-17-26(28)22-9-13-25(14-10-22)30-20-21(3)5-2/h9-18,21,27H,4-8,19-20H2,1-3H3/b18-17+/t21-/m0/s1. The monoisotopic (exact) mass is 409 g/mol. The number of anilines is 1. The molecule has 0 aliphatic rings. The van der Waals surface area contributed by atoms with Crippen molar-refractivity contribution in [1.29, 1.82) is 0 Å². The average molecular weight is 410 g/mol. The first kappa shape index (κ1) is 23.5. The smallest absolute Gasteiger partial charge is 0.187 e. The van der Waals surface area contributed by atoms with Crippen LogP contribution in [-0.4, -0.2) is 19.0 Å². The van der Waals surface area contributed by atoms with Gasteiger partial charge in [0.1, 0.15) is 11.5 Å². The van der Waals surface area contributed by atoms with E-state index in [4.69, 9.17) is 9.47 Å². The molecule has 162 valence electrons. The van der Waals surface area contributed by atoms with Crippen LogP contribution in [0.4, 0.5) is 5.69 Å². The van der Waals surface area contributed by atoms with Crippen LogP contribution < -0.4 is 14.8 Å². The van der Waals surface area contributed by atoms with Gasteiger partial charge in [0.05, 0.1) is 13.2 Å². The number of benzene rings is 2. The molecule has 0 aromatic heterocycles. The molecule has 2 aromatic rings. The summed E-state index contributed by atoms with van der Waals surface area (Å²) in [4.78, 5) is 12.3. The molecule has 2 aromatic carbocycles. The van der Waals surface area contributed by atoms with E-state index in [0.29, 0.717) is 18.1 Å². The highest BCUT2D eigenvalue weighted by Crippen LogP contribution is 2.17. The van der Waals surface area contributed by atoms with Crippen molar-refractivity contribution in [1.82, 2.24) is 0 Å². The van der Waals surface area contributed by atoms with Crippen LogP contribution in [0.15, 0.2) is 60.8 Å². The Morgan fingerprint density at radius 2 is 1.60 bits per heavy atom. The maximum Gasteiger partial charge on any atom is 0.187 e. The first-order valence-corrected chi connectivity index (χ1v) is 11.1. The third-order valence-corrected chi connectivity index (χ3v) is 4.98. The zero-order valence-corrected chi connectivity index (χ0v) is 18.5. The minimum absolute atomic E-state index is 0.0528. The predicted molar refractivity (Wildman–Crippen MR) is 125 cm³/mol. The lowest BCUT2D eigenvalue weighted by Gasteiger charge is -2.10. The van der Waals surface area contributed by atoms with E-state index >= 15 is 0 Å². The summed E-state index contributed by atoms with van der Waals surface area (Å²) >= 11 is 0. The number of ether oxygens (including phenoxy) is 2. The fraction of sp³-hybridized carbons (Fsp3) is 0.423. The normalized spacial score (nSPS) is 12.0. The van der Waals surface area contributed by atoms with Crippen molar-refractivity contribution in [3.05, 3.63) is 66.4 Å². The van der Waals surface area contributed by atoms with Crippen molar-refractivity contribution < 1.29 is 14.3 Å². The van der Waals surface area contributed by atoms with Crippen molar-refractivity contribution in [2.45, 2.75) is 52.9 Å². The summed E-state index contributed by atoms with van der Waals surface area (Å²) < 4.78 is 11.5. The Hall–Kier alpha value is -2.75. The highest BCUT2D eigenvalue weighted by molar-refractivity contribution is 6.04. The van der Waals surface area contributed by atoms with Crippen molar-refractivity contribution >= 4 is 11.5 Å². The first-order chi connectivity index (χ1) is 14.6. The van der Waals surface area contributed by atoms with Gasteiger partial charge in [0.2, 0.25) is 0 Å². The van der Waals surface area contributed by atoms with Gasteiger partial charge in [0.25, 0.3) is 0 Å². The fourth-order valence-corrected chi connectivity index (χ4v) is 2.75. The Morgan fingerprint density at radius 3 is 2.27 bits per heavy atom. The van der Waals surface area contributed by atoms with Crippen LogP contribution in [0.3, 0.4) is 0 Å². The summed E-state index contributed by atoms with van der Waals surface area (Å²) in [6, 6.07) is 15.1. The number of rotatable bonds is 14. The van der Waals surface area contributed by atoms with Crippen molar-refractivity contribution in [3.63, 3.8) is 0 Å². The molecule has 1 N–H and O–H groups in total. The van der Waals surface area contributed by atoms with Gasteiger partial charge in [-0.2, -0.15) is 0 Å². The molecule has 0 aliphatic heterocycles. The Balaban J connectivity index is 1.75. The van der Waals surface area contributed by atoms with Gasteiger partial charge in [-0.3, -0.25) is 4.79 Å². The molecule has 0 saturated heterocycles. The van der Waals surface area contributed by atoms with Crippen molar-refractivity contribution in [2.75, 3.05) is 18.5 Å². The molecule has 0 unspecified atom stereocenters. The quantitative estimate of drug-likeness (QED) is 0.210. The van der Waals surface area contributed by atoms with Gasteiger partial charge < -0.3 is 14.8 Å². The molecular formula is C26H35NO3. The highest BCUT2D eigenvalue weighted by atomic mass is 16.5. The molecule has 0 fully saturated rings. The molecule has 0 amide bonds. The Morgan fingerprint density at radius 1 is 0.933 bits per heavy atom. The second kappa shape index (κ2) is 13.5. The maximum atomic E-state index is 12.3. The Bertz CT molecular complexity index is 766. The van der Waals surface area contributed by atoms with Gasteiger partial charge >= 0.3 is 0 Å². The maximum absolute atomic E-state index is 12.3. The topological polar surface area (TPSA) is 47.6 Å². The summed E-state index contributed by atoms with van der Waals surface area (Å²) in [6.45, 7) is 7.95. The van der Waals surface area contributed by atoms with Crippen LogP contribution in [0.1, 0.15) is 63.2 Å². The SMILES string of the molecule is CCCCCCOc1ccc(N/C=C/C(=O)c2ccc(OC[C@@H](C)CC)cc2)cc1. The Labute approximate surface area is 181 Å². The van der Waals surface area contributed by atoms with Crippen LogP contribution in [-0.2, 0) is 0 Å². The van der Waals surface area contributed by atoms with Gasteiger partial charge in [-0.25, -0.2) is 0 Å². The van der Waals surface area contributed by atoms with E-state index in [1.807, 2.05) is 36.4 Å². The van der Waals surface area contributed by atoms with Crippen molar-refractivity contribution in [2.24, 2.45) is 5.92 Å². The molecular weight excluding hydrogens is 374 g/mol. The van der Waals surface area contributed by atoms with Gasteiger partial charge in [0, 0.05) is 23.5 Å². The molecule has 0 saturated carbocycles. The number of allylic oxidation sites excluding steroid dienone is 1. The molecule has 4 nitrogen and oxygen atoms in total. The van der Waals surface area contributed by atoms with Crippen LogP contribution in [0, 0.1) is 5.92 Å². The van der Waals surface area contributed by atoms with E-state index in [9.17, 15) is 4.79 Å². The molecule has 0 spiro atoms. The minimum Gasteiger partial charge on any atom is -0.494 e. The van der Waals surface area contributed by atoms with Crippen molar-refractivity contribution in [3.8, 4) is 11.5 Å². The molecule has 30 heavy (non-hydrogen) atoms. The second-order valence-electron chi connectivity index (χ2n) is 7.62. The first-order valence-electron chi connectivity index (χ1n) is 11.1. The highest BCUT2D eigenvalue weighted by Gasteiger charge is 2.04. The van der Waals surface area contributed by atoms with Gasteiger partial charge in [-0.05, 0) is 60.9 Å². The molecule has 0 aliphatic carbocycles. The lowest BCUT2D eigenvalue weighted by molar-refractivity contribution is 0.104. The number of hydrogen-bond acceptors (Lipinski definition) is 4. The number of carbonyl (C=O) groups excluding carboxylic acids is 1. The third-order valence-electron chi connectivity index (χ3n) is 4.98. The summed E-state index contributed by atoms with van der Waals surface area (Å²) in [6.07, 6.45) is 9.07. The van der Waals surface area contributed by atoms with E-state index < -0.39 is 0 Å². The lowest BCUT2D eigenvalue weighted by atomic mass is 10.1. The van der Waals surface area contributed by atoms with Crippen LogP contribution in [0.25, 0.3) is 0 Å². The zero-order chi connectivity index (χ0) is 21.6. The zero-order valence-electron chi connectivity index (χ0n) is 18.5. The van der Waals surface area contributed by atoms with E-state index in [1.165, 1.54) is 25.3 Å². The summed E-state index contributed by atoms with van der Waals surface area (Å²) in [5.74, 6) is 2.13. The lowest BCUT2D eigenvalue weighted by Crippen LogP contribution is -2.07. The molecule has 2 rings (SSSR count). The third kappa shape index (κ3) is 8.73. The van der Waals surface area contributed by atoms with Crippen LogP contribution in [0.2, 0.25) is 0 Å². The number of nitrogens with one attached hydrogen (secondary N) is 1. The van der Waals surface area contributed by atoms with E-state index in [2.05, 4.69) is 26.1 Å². The number of ketones is 1. The number of unbranched alkanes of at least 4 members (excludes halogenated alkanes) is 3. The van der Waals surface area contributed by atoms with Crippen LogP contribution in [0.5, 0.6) is 11.5 Å². The minimum atomic E-state index is -0.0528. The number of carbonyl (C=O) groups is 1. The van der Waals surface area contributed by atoms with Crippen LogP contribution >= 0.6 is 0 Å². The van der Waals surface area contributed by atoms with Gasteiger partial charge in [0.15, 0.2) is 5.78 Å².